The SMILES string of the molecule is CC1CCC(Nc2nccnc2C(N)=S)C(C)C1. The molecule has 0 saturated heterocycles. The standard InChI is InChI=1S/C13H20N4S/c1-8-3-4-10(9(2)7-8)17-13-11(12(14)18)15-5-6-16-13/h5-6,8-10H,3-4,7H2,1-2H3,(H2,14,18)(H,16,17). The molecule has 1 fully saturated rings. The normalized spacial score (nSPS) is 27.8. The highest BCUT2D eigenvalue weighted by atomic mass is 32.1. The molecular weight excluding hydrogens is 244 g/mol. The quantitative estimate of drug-likeness (QED) is 0.820. The number of anilines is 1. The van der Waals surface area contributed by atoms with Gasteiger partial charge in [0.2, 0.25) is 0 Å². The second-order valence-corrected chi connectivity index (χ2v) is 5.70. The van der Waals surface area contributed by atoms with Gasteiger partial charge in [-0.1, -0.05) is 26.1 Å². The van der Waals surface area contributed by atoms with E-state index in [2.05, 4.69) is 29.1 Å². The third kappa shape index (κ3) is 2.96. The molecule has 1 aliphatic carbocycles. The fraction of sp³-hybridized carbons (Fsp3) is 0.615. The third-order valence-corrected chi connectivity index (χ3v) is 3.88. The fourth-order valence-corrected chi connectivity index (χ4v) is 2.83. The van der Waals surface area contributed by atoms with Gasteiger partial charge in [0.05, 0.1) is 0 Å². The Morgan fingerprint density at radius 3 is 2.72 bits per heavy atom. The average molecular weight is 264 g/mol. The van der Waals surface area contributed by atoms with Crippen LogP contribution >= 0.6 is 12.2 Å². The molecule has 4 nitrogen and oxygen atoms in total. The molecule has 0 radical (unpaired) electrons. The summed E-state index contributed by atoms with van der Waals surface area (Å²) in [4.78, 5) is 8.79. The molecule has 1 aliphatic rings. The lowest BCUT2D eigenvalue weighted by molar-refractivity contribution is 0.276. The summed E-state index contributed by atoms with van der Waals surface area (Å²) < 4.78 is 0. The van der Waals surface area contributed by atoms with E-state index in [0.29, 0.717) is 22.6 Å². The first-order valence-electron chi connectivity index (χ1n) is 6.45. The molecule has 0 aromatic carbocycles. The Labute approximate surface area is 113 Å². The molecule has 98 valence electrons. The average Bonchev–Trinajstić information content (AvgIpc) is 2.33. The van der Waals surface area contributed by atoms with Crippen molar-refractivity contribution in [1.82, 2.24) is 9.97 Å². The molecule has 3 unspecified atom stereocenters. The predicted octanol–water partition coefficient (Wildman–Crippen LogP) is 2.35. The van der Waals surface area contributed by atoms with Crippen LogP contribution in [0, 0.1) is 11.8 Å². The zero-order chi connectivity index (χ0) is 13.1. The minimum atomic E-state index is 0.294. The molecule has 3 N–H and O–H groups in total. The minimum Gasteiger partial charge on any atom is -0.388 e. The summed E-state index contributed by atoms with van der Waals surface area (Å²) in [5.74, 6) is 2.17. The summed E-state index contributed by atoms with van der Waals surface area (Å²) in [6.07, 6.45) is 6.95. The summed E-state index contributed by atoms with van der Waals surface area (Å²) in [6, 6.07) is 0.436. The molecule has 18 heavy (non-hydrogen) atoms. The Morgan fingerprint density at radius 1 is 1.33 bits per heavy atom. The van der Waals surface area contributed by atoms with Gasteiger partial charge in [0.15, 0.2) is 5.82 Å². The number of rotatable bonds is 3. The second kappa shape index (κ2) is 5.61. The van der Waals surface area contributed by atoms with Crippen LogP contribution < -0.4 is 11.1 Å². The Kier molecular flexibility index (Phi) is 4.11. The number of nitrogens with one attached hydrogen (secondary N) is 1. The molecule has 1 aromatic heterocycles. The lowest BCUT2D eigenvalue weighted by Crippen LogP contribution is -2.34. The summed E-state index contributed by atoms with van der Waals surface area (Å²) in [6.45, 7) is 4.60. The molecule has 0 bridgehead atoms. The van der Waals surface area contributed by atoms with E-state index in [9.17, 15) is 0 Å². The van der Waals surface area contributed by atoms with E-state index in [-0.39, 0.29) is 0 Å². The van der Waals surface area contributed by atoms with Crippen molar-refractivity contribution in [2.45, 2.75) is 39.2 Å². The van der Waals surface area contributed by atoms with Gasteiger partial charge in [-0.2, -0.15) is 0 Å². The van der Waals surface area contributed by atoms with E-state index in [1.165, 1.54) is 12.8 Å². The fourth-order valence-electron chi connectivity index (χ4n) is 2.68. The van der Waals surface area contributed by atoms with Crippen LogP contribution in [-0.2, 0) is 0 Å². The molecule has 1 aromatic rings. The van der Waals surface area contributed by atoms with Crippen molar-refractivity contribution in [3.8, 4) is 0 Å². The van der Waals surface area contributed by atoms with Crippen molar-refractivity contribution in [3.63, 3.8) is 0 Å². The topological polar surface area (TPSA) is 63.8 Å². The van der Waals surface area contributed by atoms with E-state index in [0.717, 1.165) is 18.2 Å². The van der Waals surface area contributed by atoms with E-state index in [4.69, 9.17) is 18.0 Å². The molecule has 5 heteroatoms. The van der Waals surface area contributed by atoms with Crippen molar-refractivity contribution in [1.29, 1.82) is 0 Å². The van der Waals surface area contributed by atoms with Gasteiger partial charge in [0, 0.05) is 18.4 Å². The Morgan fingerprint density at radius 2 is 2.06 bits per heavy atom. The van der Waals surface area contributed by atoms with E-state index >= 15 is 0 Å². The van der Waals surface area contributed by atoms with Crippen molar-refractivity contribution >= 4 is 23.0 Å². The first-order valence-corrected chi connectivity index (χ1v) is 6.86. The van der Waals surface area contributed by atoms with Crippen LogP contribution in [0.2, 0.25) is 0 Å². The van der Waals surface area contributed by atoms with Crippen LogP contribution in [0.3, 0.4) is 0 Å². The zero-order valence-electron chi connectivity index (χ0n) is 10.9. The Bertz CT molecular complexity index is 435. The maximum Gasteiger partial charge on any atom is 0.155 e. The molecule has 0 amide bonds. The van der Waals surface area contributed by atoms with Crippen LogP contribution in [0.15, 0.2) is 12.4 Å². The maximum atomic E-state index is 5.67. The largest absolute Gasteiger partial charge is 0.388 e. The first kappa shape index (κ1) is 13.2. The van der Waals surface area contributed by atoms with Crippen molar-refractivity contribution < 1.29 is 0 Å². The molecule has 1 heterocycles. The van der Waals surface area contributed by atoms with E-state index in [1.807, 2.05) is 0 Å². The third-order valence-electron chi connectivity index (χ3n) is 3.69. The van der Waals surface area contributed by atoms with Gasteiger partial charge in [-0.25, -0.2) is 9.97 Å². The van der Waals surface area contributed by atoms with Crippen molar-refractivity contribution in [2.24, 2.45) is 17.6 Å². The molecule has 0 spiro atoms. The minimum absolute atomic E-state index is 0.294. The summed E-state index contributed by atoms with van der Waals surface area (Å²) in [5, 5.41) is 3.46. The number of aromatic nitrogens is 2. The molecule has 2 rings (SSSR count). The van der Waals surface area contributed by atoms with Gasteiger partial charge in [0.25, 0.3) is 0 Å². The van der Waals surface area contributed by atoms with Gasteiger partial charge in [-0.3, -0.25) is 0 Å². The molecule has 1 saturated carbocycles. The number of nitrogens with two attached hydrogens (primary N) is 1. The van der Waals surface area contributed by atoms with Gasteiger partial charge < -0.3 is 11.1 Å². The summed E-state index contributed by atoms with van der Waals surface area (Å²) in [7, 11) is 0. The Hall–Kier alpha value is -1.23. The molecular formula is C13H20N4S. The van der Waals surface area contributed by atoms with Crippen LogP contribution in [0.4, 0.5) is 5.82 Å². The Balaban J connectivity index is 2.12. The van der Waals surface area contributed by atoms with Gasteiger partial charge >= 0.3 is 0 Å². The van der Waals surface area contributed by atoms with E-state index in [1.54, 1.807) is 12.4 Å². The van der Waals surface area contributed by atoms with Crippen LogP contribution in [0.25, 0.3) is 0 Å². The highest BCUT2D eigenvalue weighted by Gasteiger charge is 2.26. The lowest BCUT2D eigenvalue weighted by atomic mass is 9.80. The predicted molar refractivity (Wildman–Crippen MR) is 77.5 cm³/mol. The number of thiocarbonyl (C=S) groups is 1. The van der Waals surface area contributed by atoms with Crippen LogP contribution in [0.5, 0.6) is 0 Å². The lowest BCUT2D eigenvalue weighted by Gasteiger charge is -2.33. The van der Waals surface area contributed by atoms with Crippen LogP contribution in [-0.4, -0.2) is 21.0 Å². The smallest absolute Gasteiger partial charge is 0.155 e. The number of hydrogen-bond acceptors (Lipinski definition) is 4. The van der Waals surface area contributed by atoms with Crippen LogP contribution in [0.1, 0.15) is 38.8 Å². The maximum absolute atomic E-state index is 5.67. The first-order chi connectivity index (χ1) is 8.58. The highest BCUT2D eigenvalue weighted by Crippen LogP contribution is 2.30. The summed E-state index contributed by atoms with van der Waals surface area (Å²) >= 11 is 5.00. The second-order valence-electron chi connectivity index (χ2n) is 5.26. The van der Waals surface area contributed by atoms with Gasteiger partial charge in [-0.15, -0.1) is 0 Å². The van der Waals surface area contributed by atoms with Gasteiger partial charge in [-0.05, 0) is 31.1 Å². The van der Waals surface area contributed by atoms with Gasteiger partial charge in [0.1, 0.15) is 10.7 Å². The monoisotopic (exact) mass is 264 g/mol. The number of nitrogens with zero attached hydrogens (tertiary/aromatic N) is 2. The van der Waals surface area contributed by atoms with Crippen molar-refractivity contribution in [2.75, 3.05) is 5.32 Å². The highest BCUT2D eigenvalue weighted by molar-refractivity contribution is 7.80. The zero-order valence-corrected chi connectivity index (χ0v) is 11.7. The van der Waals surface area contributed by atoms with Crippen molar-refractivity contribution in [3.05, 3.63) is 18.1 Å². The summed E-state index contributed by atoms with van der Waals surface area (Å²) in [5.41, 5.74) is 6.26. The number of hydrogen-bond donors (Lipinski definition) is 2. The molecule has 3 atom stereocenters. The van der Waals surface area contributed by atoms with E-state index < -0.39 is 0 Å². The molecule has 0 aliphatic heterocycles.